The lowest BCUT2D eigenvalue weighted by Crippen LogP contribution is -2.40. The van der Waals surface area contributed by atoms with E-state index in [9.17, 15) is 4.79 Å². The monoisotopic (exact) mass is 347 g/mol. The van der Waals surface area contributed by atoms with E-state index < -0.39 is 0 Å². The van der Waals surface area contributed by atoms with Crippen molar-refractivity contribution in [3.8, 4) is 0 Å². The Labute approximate surface area is 146 Å². The summed E-state index contributed by atoms with van der Waals surface area (Å²) in [4.78, 5) is 26.3. The minimum absolute atomic E-state index is 0.00767. The van der Waals surface area contributed by atoms with Crippen LogP contribution in [0.2, 0.25) is 0 Å². The van der Waals surface area contributed by atoms with Crippen molar-refractivity contribution in [2.24, 2.45) is 5.92 Å². The maximum atomic E-state index is 12.6. The van der Waals surface area contributed by atoms with Gasteiger partial charge in [0, 0.05) is 30.9 Å². The lowest BCUT2D eigenvalue weighted by atomic mass is 9.94. The summed E-state index contributed by atoms with van der Waals surface area (Å²) in [5.41, 5.74) is 2.18. The van der Waals surface area contributed by atoms with Gasteiger partial charge in [0.05, 0.1) is 17.0 Å². The smallest absolute Gasteiger partial charge is 0.322 e. The van der Waals surface area contributed by atoms with Crippen LogP contribution < -0.4 is 5.32 Å². The molecule has 2 aromatic heterocycles. The van der Waals surface area contributed by atoms with E-state index in [1.807, 2.05) is 18.0 Å². The third kappa shape index (κ3) is 3.95. The van der Waals surface area contributed by atoms with Crippen molar-refractivity contribution in [2.75, 3.05) is 18.4 Å². The second-order valence-corrected chi connectivity index (χ2v) is 8.01. The fourth-order valence-corrected chi connectivity index (χ4v) is 3.99. The molecule has 6 nitrogen and oxygen atoms in total. The van der Waals surface area contributed by atoms with E-state index >= 15 is 0 Å². The highest BCUT2D eigenvalue weighted by atomic mass is 32.1. The summed E-state index contributed by atoms with van der Waals surface area (Å²) in [7, 11) is 0. The van der Waals surface area contributed by atoms with E-state index in [1.165, 1.54) is 5.69 Å². The largest absolute Gasteiger partial charge is 0.348 e. The van der Waals surface area contributed by atoms with Gasteiger partial charge in [0.2, 0.25) is 0 Å². The number of carbonyl (C=O) groups excluding carboxylic acids is 1. The molecule has 1 fully saturated rings. The number of thiazole rings is 1. The average molecular weight is 347 g/mol. The Morgan fingerprint density at radius 2 is 2.21 bits per heavy atom. The molecular weight excluding hydrogens is 322 g/mol. The highest BCUT2D eigenvalue weighted by molar-refractivity contribution is 7.16. The Hall–Kier alpha value is -1.89. The number of likely N-dealkylation sites (tertiary alicyclic amines) is 1. The van der Waals surface area contributed by atoms with Crippen LogP contribution in [0.15, 0.2) is 12.5 Å². The van der Waals surface area contributed by atoms with Gasteiger partial charge in [0.15, 0.2) is 0 Å². The molecule has 3 heterocycles. The molecule has 0 aliphatic carbocycles. The van der Waals surface area contributed by atoms with Crippen LogP contribution in [0.4, 0.5) is 9.80 Å². The van der Waals surface area contributed by atoms with Crippen LogP contribution in [0.3, 0.4) is 0 Å². The number of imidazole rings is 1. The van der Waals surface area contributed by atoms with Gasteiger partial charge in [-0.3, -0.25) is 5.32 Å². The first-order chi connectivity index (χ1) is 11.5. The van der Waals surface area contributed by atoms with Gasteiger partial charge >= 0.3 is 6.03 Å². The van der Waals surface area contributed by atoms with Gasteiger partial charge in [0.25, 0.3) is 0 Å². The number of aryl methyl sites for hydroxylation is 1. The van der Waals surface area contributed by atoms with Gasteiger partial charge in [0.1, 0.15) is 5.00 Å². The Kier molecular flexibility index (Phi) is 5.18. The molecule has 0 bridgehead atoms. The van der Waals surface area contributed by atoms with Crippen LogP contribution in [-0.4, -0.2) is 39.0 Å². The predicted octanol–water partition coefficient (Wildman–Crippen LogP) is 3.78. The number of aromatic nitrogens is 3. The fraction of sp³-hybridized carbons (Fsp3) is 0.588. The van der Waals surface area contributed by atoms with Crippen LogP contribution in [-0.2, 0) is 6.42 Å². The van der Waals surface area contributed by atoms with E-state index in [2.05, 4.69) is 34.1 Å². The molecule has 0 saturated carbocycles. The number of carbonyl (C=O) groups is 1. The molecule has 2 aromatic rings. The Morgan fingerprint density at radius 1 is 1.46 bits per heavy atom. The van der Waals surface area contributed by atoms with Crippen LogP contribution >= 0.6 is 11.3 Å². The van der Waals surface area contributed by atoms with E-state index in [1.54, 1.807) is 17.7 Å². The van der Waals surface area contributed by atoms with Crippen LogP contribution in [0, 0.1) is 12.8 Å². The SMILES string of the molecule is Cc1nc(CC(C)C)c(NC(=O)N2CCC(c3cnc[nH]3)CC2)s1. The first kappa shape index (κ1) is 17.0. The highest BCUT2D eigenvalue weighted by Crippen LogP contribution is 2.29. The molecule has 0 spiro atoms. The number of nitrogens with zero attached hydrogens (tertiary/aromatic N) is 3. The summed E-state index contributed by atoms with van der Waals surface area (Å²) in [6.45, 7) is 7.86. The van der Waals surface area contributed by atoms with Gasteiger partial charge in [-0.25, -0.2) is 14.8 Å². The number of nitrogens with one attached hydrogen (secondary N) is 2. The van der Waals surface area contributed by atoms with Gasteiger partial charge in [-0.05, 0) is 32.1 Å². The number of urea groups is 1. The molecule has 7 heteroatoms. The summed E-state index contributed by atoms with van der Waals surface area (Å²) in [6, 6.07) is -0.00767. The number of hydrogen-bond acceptors (Lipinski definition) is 4. The zero-order valence-electron chi connectivity index (χ0n) is 14.5. The summed E-state index contributed by atoms with van der Waals surface area (Å²) in [6.07, 6.45) is 6.43. The van der Waals surface area contributed by atoms with E-state index in [4.69, 9.17) is 0 Å². The van der Waals surface area contributed by atoms with Crippen LogP contribution in [0.25, 0.3) is 0 Å². The van der Waals surface area contributed by atoms with Crippen molar-refractivity contribution >= 4 is 22.4 Å². The third-order valence-electron chi connectivity index (χ3n) is 4.37. The molecule has 130 valence electrons. The number of amides is 2. The molecule has 1 aliphatic heterocycles. The maximum absolute atomic E-state index is 12.6. The first-order valence-electron chi connectivity index (χ1n) is 8.53. The minimum Gasteiger partial charge on any atom is -0.348 e. The molecule has 0 unspecified atom stereocenters. The maximum Gasteiger partial charge on any atom is 0.322 e. The van der Waals surface area contributed by atoms with Gasteiger partial charge < -0.3 is 9.88 Å². The number of rotatable bonds is 4. The standard InChI is InChI=1S/C17H25N5OS/c1-11(2)8-14-16(24-12(3)20-14)21-17(23)22-6-4-13(5-7-22)15-9-18-10-19-15/h9-11,13H,4-8H2,1-3H3,(H,18,19)(H,21,23). The van der Waals surface area contributed by atoms with E-state index in [-0.39, 0.29) is 6.03 Å². The molecule has 3 rings (SSSR count). The lowest BCUT2D eigenvalue weighted by molar-refractivity contribution is 0.194. The second kappa shape index (κ2) is 7.34. The van der Waals surface area contributed by atoms with Gasteiger partial charge in [-0.15, -0.1) is 11.3 Å². The molecule has 0 radical (unpaired) electrons. The molecule has 0 atom stereocenters. The Morgan fingerprint density at radius 3 is 2.83 bits per heavy atom. The zero-order chi connectivity index (χ0) is 17.1. The fourth-order valence-electron chi connectivity index (χ4n) is 3.15. The van der Waals surface area contributed by atoms with E-state index in [0.29, 0.717) is 11.8 Å². The quantitative estimate of drug-likeness (QED) is 0.884. The highest BCUT2D eigenvalue weighted by Gasteiger charge is 2.25. The van der Waals surface area contributed by atoms with Crippen molar-refractivity contribution in [3.05, 3.63) is 28.9 Å². The van der Waals surface area contributed by atoms with Crippen molar-refractivity contribution < 1.29 is 4.79 Å². The number of piperidine rings is 1. The summed E-state index contributed by atoms with van der Waals surface area (Å²) in [5.74, 6) is 0.992. The Bertz CT molecular complexity index is 671. The third-order valence-corrected chi connectivity index (χ3v) is 5.30. The first-order valence-corrected chi connectivity index (χ1v) is 9.35. The lowest BCUT2D eigenvalue weighted by Gasteiger charge is -2.31. The number of aromatic amines is 1. The predicted molar refractivity (Wildman–Crippen MR) is 96.5 cm³/mol. The topological polar surface area (TPSA) is 73.9 Å². The minimum atomic E-state index is -0.00767. The normalized spacial score (nSPS) is 15.9. The Balaban J connectivity index is 1.58. The van der Waals surface area contributed by atoms with Crippen molar-refractivity contribution in [3.63, 3.8) is 0 Å². The van der Waals surface area contributed by atoms with E-state index in [0.717, 1.165) is 48.1 Å². The number of H-pyrrole nitrogens is 1. The van der Waals surface area contributed by atoms with Crippen molar-refractivity contribution in [1.29, 1.82) is 0 Å². The van der Waals surface area contributed by atoms with Gasteiger partial charge in [-0.2, -0.15) is 0 Å². The van der Waals surface area contributed by atoms with Crippen LogP contribution in [0.1, 0.15) is 49.0 Å². The molecule has 24 heavy (non-hydrogen) atoms. The molecule has 1 saturated heterocycles. The summed E-state index contributed by atoms with van der Waals surface area (Å²) < 4.78 is 0. The molecule has 2 amide bonds. The molecule has 1 aliphatic rings. The molecule has 0 aromatic carbocycles. The summed E-state index contributed by atoms with van der Waals surface area (Å²) >= 11 is 1.56. The number of hydrogen-bond donors (Lipinski definition) is 2. The van der Waals surface area contributed by atoms with Crippen LogP contribution in [0.5, 0.6) is 0 Å². The van der Waals surface area contributed by atoms with Crippen molar-refractivity contribution in [2.45, 2.75) is 46.0 Å². The molecular formula is C17H25N5OS. The average Bonchev–Trinajstić information content (AvgIpc) is 3.17. The van der Waals surface area contributed by atoms with Gasteiger partial charge in [-0.1, -0.05) is 13.8 Å². The number of anilines is 1. The molecule has 2 N–H and O–H groups in total. The zero-order valence-corrected chi connectivity index (χ0v) is 15.3. The van der Waals surface area contributed by atoms with Crippen molar-refractivity contribution in [1.82, 2.24) is 19.9 Å². The summed E-state index contributed by atoms with van der Waals surface area (Å²) in [5, 5.41) is 4.98. The second-order valence-electron chi connectivity index (χ2n) is 6.81.